The minimum Gasteiger partial charge on any atom is -0.236 e. The number of halogens is 1. The summed E-state index contributed by atoms with van der Waals surface area (Å²) in [6, 6.07) is 17.8. The van der Waals surface area contributed by atoms with Gasteiger partial charge in [-0.1, -0.05) is 41.9 Å². The largest absolute Gasteiger partial charge is 0.236 e. The van der Waals surface area contributed by atoms with E-state index < -0.39 is 0 Å². The molecule has 4 aromatic rings. The van der Waals surface area contributed by atoms with E-state index in [9.17, 15) is 0 Å². The van der Waals surface area contributed by atoms with E-state index in [0.717, 1.165) is 46.9 Å². The molecule has 2 aromatic heterocycles. The second kappa shape index (κ2) is 6.07. The maximum atomic E-state index is 6.02. The van der Waals surface area contributed by atoms with E-state index >= 15 is 0 Å². The van der Waals surface area contributed by atoms with Crippen LogP contribution in [-0.4, -0.2) is 19.7 Å². The number of hydrogen-bond acceptors (Lipinski definition) is 3. The Hall–Kier alpha value is -2.98. The fourth-order valence-electron chi connectivity index (χ4n) is 3.42. The Balaban J connectivity index is 1.63. The lowest BCUT2D eigenvalue weighted by molar-refractivity contribution is 0.855. The van der Waals surface area contributed by atoms with E-state index in [1.165, 1.54) is 5.56 Å². The van der Waals surface area contributed by atoms with Crippen LogP contribution in [0.4, 0.5) is 0 Å². The average Bonchev–Trinajstić information content (AvgIpc) is 3.13. The summed E-state index contributed by atoms with van der Waals surface area (Å²) in [4.78, 5) is 9.45. The van der Waals surface area contributed by atoms with Crippen molar-refractivity contribution in [3.05, 3.63) is 83.3 Å². The fraction of sp³-hybridized carbons (Fsp3) is 0.0952. The van der Waals surface area contributed by atoms with Gasteiger partial charge < -0.3 is 0 Å². The summed E-state index contributed by atoms with van der Waals surface area (Å²) in [6.45, 7) is 0. The molecule has 0 amide bonds. The lowest BCUT2D eigenvalue weighted by atomic mass is 9.95. The smallest absolute Gasteiger partial charge is 0.159 e. The van der Waals surface area contributed by atoms with Gasteiger partial charge in [-0.2, -0.15) is 5.10 Å². The molecular weight excluding hydrogens is 344 g/mol. The van der Waals surface area contributed by atoms with Crippen LogP contribution in [-0.2, 0) is 12.8 Å². The number of aryl methyl sites for hydroxylation is 2. The summed E-state index contributed by atoms with van der Waals surface area (Å²) < 4.78 is 1.95. The van der Waals surface area contributed by atoms with Crippen molar-refractivity contribution < 1.29 is 0 Å². The standard InChI is InChI=1S/C21H15ClN4/c22-16-7-9-17(10-8-16)26-20-15(12-24-26)6-11-19-18(20)13-23-21(25-19)14-4-2-1-3-5-14/h1-5,7-10,12-13H,6,11H2. The Bertz CT molecular complexity index is 1080. The number of hydrogen-bond donors (Lipinski definition) is 0. The van der Waals surface area contributed by atoms with Gasteiger partial charge in [-0.3, -0.25) is 0 Å². The third-order valence-corrected chi connectivity index (χ3v) is 4.95. The van der Waals surface area contributed by atoms with E-state index in [-0.39, 0.29) is 0 Å². The highest BCUT2D eigenvalue weighted by Crippen LogP contribution is 2.34. The third-order valence-electron chi connectivity index (χ3n) is 4.70. The third kappa shape index (κ3) is 2.50. The highest BCUT2D eigenvalue weighted by atomic mass is 35.5. The highest BCUT2D eigenvalue weighted by molar-refractivity contribution is 6.30. The summed E-state index contributed by atoms with van der Waals surface area (Å²) in [5.41, 5.74) is 6.44. The van der Waals surface area contributed by atoms with Gasteiger partial charge in [-0.05, 0) is 42.7 Å². The van der Waals surface area contributed by atoms with Crippen molar-refractivity contribution >= 4 is 11.6 Å². The summed E-state index contributed by atoms with van der Waals surface area (Å²) in [6.07, 6.45) is 5.70. The molecule has 4 nitrogen and oxygen atoms in total. The molecule has 5 heteroatoms. The maximum Gasteiger partial charge on any atom is 0.159 e. The van der Waals surface area contributed by atoms with Gasteiger partial charge in [0.1, 0.15) is 0 Å². The van der Waals surface area contributed by atoms with Crippen molar-refractivity contribution in [1.82, 2.24) is 19.7 Å². The van der Waals surface area contributed by atoms with Crippen molar-refractivity contribution in [1.29, 1.82) is 0 Å². The number of fused-ring (bicyclic) bond motifs is 3. The lowest BCUT2D eigenvalue weighted by Crippen LogP contribution is -2.10. The van der Waals surface area contributed by atoms with Crippen LogP contribution in [0.2, 0.25) is 5.02 Å². The van der Waals surface area contributed by atoms with E-state index in [2.05, 4.69) is 10.1 Å². The predicted molar refractivity (Wildman–Crippen MR) is 102 cm³/mol. The number of aromatic nitrogens is 4. The normalized spacial score (nSPS) is 12.5. The van der Waals surface area contributed by atoms with Crippen LogP contribution in [0.1, 0.15) is 11.3 Å². The molecule has 2 heterocycles. The Morgan fingerprint density at radius 2 is 1.69 bits per heavy atom. The minimum absolute atomic E-state index is 0.714. The summed E-state index contributed by atoms with van der Waals surface area (Å²) in [5, 5.41) is 5.31. The maximum absolute atomic E-state index is 6.02. The van der Waals surface area contributed by atoms with Crippen LogP contribution in [0, 0.1) is 0 Å². The minimum atomic E-state index is 0.714. The molecule has 0 bridgehead atoms. The molecule has 126 valence electrons. The van der Waals surface area contributed by atoms with Crippen LogP contribution < -0.4 is 0 Å². The van der Waals surface area contributed by atoms with Gasteiger partial charge in [0.05, 0.1) is 23.3 Å². The fourth-order valence-corrected chi connectivity index (χ4v) is 3.54. The van der Waals surface area contributed by atoms with Crippen LogP contribution in [0.3, 0.4) is 0 Å². The van der Waals surface area contributed by atoms with Gasteiger partial charge in [-0.15, -0.1) is 0 Å². The first-order chi connectivity index (χ1) is 12.8. The molecule has 2 aromatic carbocycles. The number of rotatable bonds is 2. The molecule has 5 rings (SSSR count). The zero-order valence-corrected chi connectivity index (χ0v) is 14.7. The second-order valence-electron chi connectivity index (χ2n) is 6.33. The average molecular weight is 359 g/mol. The summed E-state index contributed by atoms with van der Waals surface area (Å²) >= 11 is 6.02. The molecule has 0 radical (unpaired) electrons. The van der Waals surface area contributed by atoms with Gasteiger partial charge in [-0.25, -0.2) is 14.6 Å². The SMILES string of the molecule is Clc1ccc(-n2ncc3c2-c2cnc(-c4ccccc4)nc2CC3)cc1. The molecule has 0 saturated carbocycles. The van der Waals surface area contributed by atoms with Gasteiger partial charge in [0.25, 0.3) is 0 Å². The molecule has 1 aliphatic rings. The molecule has 0 spiro atoms. The molecule has 1 aliphatic carbocycles. The Morgan fingerprint density at radius 1 is 0.885 bits per heavy atom. The number of nitrogens with zero attached hydrogens (tertiary/aromatic N) is 4. The Morgan fingerprint density at radius 3 is 2.50 bits per heavy atom. The van der Waals surface area contributed by atoms with E-state index in [1.54, 1.807) is 0 Å². The number of benzene rings is 2. The van der Waals surface area contributed by atoms with Crippen molar-refractivity contribution in [2.45, 2.75) is 12.8 Å². The van der Waals surface area contributed by atoms with Crippen molar-refractivity contribution in [2.24, 2.45) is 0 Å². The van der Waals surface area contributed by atoms with Crippen LogP contribution in [0.15, 0.2) is 67.0 Å². The van der Waals surface area contributed by atoms with Crippen molar-refractivity contribution in [2.75, 3.05) is 0 Å². The van der Waals surface area contributed by atoms with Crippen LogP contribution in [0.5, 0.6) is 0 Å². The summed E-state index contributed by atoms with van der Waals surface area (Å²) in [5.74, 6) is 0.769. The highest BCUT2D eigenvalue weighted by Gasteiger charge is 2.23. The van der Waals surface area contributed by atoms with Crippen LogP contribution >= 0.6 is 11.6 Å². The Labute approximate surface area is 156 Å². The first kappa shape index (κ1) is 15.3. The van der Waals surface area contributed by atoms with Gasteiger partial charge in [0.2, 0.25) is 0 Å². The summed E-state index contributed by atoms with van der Waals surface area (Å²) in [7, 11) is 0. The molecular formula is C21H15ClN4. The van der Waals surface area contributed by atoms with Crippen LogP contribution in [0.25, 0.3) is 28.3 Å². The van der Waals surface area contributed by atoms with E-state index in [1.807, 2.05) is 71.7 Å². The van der Waals surface area contributed by atoms with E-state index in [4.69, 9.17) is 16.6 Å². The zero-order chi connectivity index (χ0) is 17.5. The monoisotopic (exact) mass is 358 g/mol. The van der Waals surface area contributed by atoms with Crippen molar-refractivity contribution in [3.8, 4) is 28.3 Å². The quantitative estimate of drug-likeness (QED) is 0.519. The van der Waals surface area contributed by atoms with Gasteiger partial charge >= 0.3 is 0 Å². The molecule has 26 heavy (non-hydrogen) atoms. The first-order valence-corrected chi connectivity index (χ1v) is 8.92. The molecule has 0 saturated heterocycles. The van der Waals surface area contributed by atoms with Gasteiger partial charge in [0.15, 0.2) is 5.82 Å². The van der Waals surface area contributed by atoms with Crippen molar-refractivity contribution in [3.63, 3.8) is 0 Å². The Kier molecular flexibility index (Phi) is 3.57. The molecule has 0 fully saturated rings. The molecule has 0 N–H and O–H groups in total. The zero-order valence-electron chi connectivity index (χ0n) is 13.9. The van der Waals surface area contributed by atoms with E-state index in [0.29, 0.717) is 5.02 Å². The molecule has 0 unspecified atom stereocenters. The second-order valence-corrected chi connectivity index (χ2v) is 6.76. The lowest BCUT2D eigenvalue weighted by Gasteiger charge is -2.18. The first-order valence-electron chi connectivity index (χ1n) is 8.54. The van der Waals surface area contributed by atoms with Gasteiger partial charge in [0, 0.05) is 22.3 Å². The topological polar surface area (TPSA) is 43.6 Å². The predicted octanol–water partition coefficient (Wildman–Crippen LogP) is 4.75. The molecule has 0 aliphatic heterocycles. The molecule has 0 atom stereocenters.